The Balaban J connectivity index is 2.52. The third-order valence-corrected chi connectivity index (χ3v) is 2.80. The predicted molar refractivity (Wildman–Crippen MR) is 80.9 cm³/mol. The van der Waals surface area contributed by atoms with Gasteiger partial charge in [-0.3, -0.25) is 0 Å². The van der Waals surface area contributed by atoms with E-state index in [4.69, 9.17) is 9.84 Å². The van der Waals surface area contributed by atoms with Crippen LogP contribution in [0.1, 0.15) is 12.5 Å². The summed E-state index contributed by atoms with van der Waals surface area (Å²) in [6.07, 6.45) is 2.69. The molecule has 0 fully saturated rings. The van der Waals surface area contributed by atoms with E-state index < -0.39 is 5.97 Å². The molecule has 3 heteroatoms. The summed E-state index contributed by atoms with van der Waals surface area (Å²) in [5.74, 6) is -0.326. The van der Waals surface area contributed by atoms with Crippen LogP contribution in [0.15, 0.2) is 54.6 Å². The number of fused-ring (bicyclic) bond motifs is 1. The first-order chi connectivity index (χ1) is 9.58. The normalized spacial score (nSPS) is 10.8. The van der Waals surface area contributed by atoms with Crippen molar-refractivity contribution in [3.05, 3.63) is 60.2 Å². The number of ether oxygens (including phenoxy) is 1. The second kappa shape index (κ2) is 6.06. The smallest absolute Gasteiger partial charge is 0.328 e. The van der Waals surface area contributed by atoms with Crippen molar-refractivity contribution in [2.45, 2.75) is 6.92 Å². The number of aliphatic carboxylic acids is 1. The van der Waals surface area contributed by atoms with Gasteiger partial charge in [-0.1, -0.05) is 36.9 Å². The molecule has 0 bridgehead atoms. The van der Waals surface area contributed by atoms with Crippen molar-refractivity contribution in [1.29, 1.82) is 0 Å². The zero-order valence-electron chi connectivity index (χ0n) is 11.3. The second-order valence-corrected chi connectivity index (χ2v) is 4.62. The van der Waals surface area contributed by atoms with Crippen LogP contribution >= 0.6 is 0 Å². The highest BCUT2D eigenvalue weighted by atomic mass is 16.5. The molecular weight excluding hydrogens is 252 g/mol. The van der Waals surface area contributed by atoms with Gasteiger partial charge in [0, 0.05) is 11.6 Å². The molecule has 1 N–H and O–H groups in total. The summed E-state index contributed by atoms with van der Waals surface area (Å²) in [4.78, 5) is 10.7. The van der Waals surface area contributed by atoms with E-state index >= 15 is 0 Å². The van der Waals surface area contributed by atoms with Crippen LogP contribution in [-0.4, -0.2) is 17.7 Å². The van der Waals surface area contributed by atoms with E-state index in [1.165, 1.54) is 0 Å². The molecule has 2 aromatic carbocycles. The fourth-order valence-electron chi connectivity index (χ4n) is 1.93. The average molecular weight is 268 g/mol. The molecule has 0 heterocycles. The van der Waals surface area contributed by atoms with Gasteiger partial charge in [-0.2, -0.15) is 0 Å². The molecule has 2 aromatic rings. The molecule has 0 amide bonds. The Bertz CT molecular complexity index is 684. The van der Waals surface area contributed by atoms with E-state index in [1.807, 2.05) is 43.3 Å². The second-order valence-electron chi connectivity index (χ2n) is 4.62. The third kappa shape index (κ3) is 3.26. The fraction of sp³-hybridized carbons (Fsp3) is 0.118. The summed E-state index contributed by atoms with van der Waals surface area (Å²) in [6.45, 7) is 6.09. The number of hydrogen-bond acceptors (Lipinski definition) is 2. The van der Waals surface area contributed by atoms with Crippen molar-refractivity contribution in [2.75, 3.05) is 6.61 Å². The van der Waals surface area contributed by atoms with Crippen molar-refractivity contribution in [1.82, 2.24) is 0 Å². The molecular formula is C17H16O3. The van der Waals surface area contributed by atoms with Gasteiger partial charge in [0.1, 0.15) is 12.4 Å². The minimum absolute atomic E-state index is 0.409. The topological polar surface area (TPSA) is 46.5 Å². The Hall–Kier alpha value is -2.55. The third-order valence-electron chi connectivity index (χ3n) is 2.80. The van der Waals surface area contributed by atoms with Crippen molar-refractivity contribution in [3.63, 3.8) is 0 Å². The van der Waals surface area contributed by atoms with Gasteiger partial charge in [-0.05, 0) is 35.4 Å². The van der Waals surface area contributed by atoms with Gasteiger partial charge in [0.2, 0.25) is 0 Å². The number of hydrogen-bond donors (Lipinski definition) is 1. The predicted octanol–water partition coefficient (Wildman–Crippen LogP) is 3.89. The highest BCUT2D eigenvalue weighted by molar-refractivity contribution is 5.96. The molecule has 0 unspecified atom stereocenters. The van der Waals surface area contributed by atoms with E-state index in [0.717, 1.165) is 28.0 Å². The largest absolute Gasteiger partial charge is 0.489 e. The first kappa shape index (κ1) is 13.9. The van der Waals surface area contributed by atoms with Gasteiger partial charge in [-0.25, -0.2) is 4.79 Å². The van der Waals surface area contributed by atoms with Crippen molar-refractivity contribution >= 4 is 22.8 Å². The van der Waals surface area contributed by atoms with E-state index in [9.17, 15) is 4.79 Å². The molecule has 0 atom stereocenters. The molecule has 0 aliphatic heterocycles. The van der Waals surface area contributed by atoms with Crippen LogP contribution in [0.4, 0.5) is 0 Å². The van der Waals surface area contributed by atoms with Crippen molar-refractivity contribution in [2.24, 2.45) is 0 Å². The maximum atomic E-state index is 10.7. The molecule has 0 spiro atoms. The maximum Gasteiger partial charge on any atom is 0.328 e. The Kier molecular flexibility index (Phi) is 4.20. The highest BCUT2D eigenvalue weighted by Crippen LogP contribution is 2.29. The quantitative estimate of drug-likeness (QED) is 0.661. The Morgan fingerprint density at radius 1 is 1.30 bits per heavy atom. The first-order valence-corrected chi connectivity index (χ1v) is 6.28. The van der Waals surface area contributed by atoms with Crippen LogP contribution in [-0.2, 0) is 4.79 Å². The SMILES string of the molecule is C=C(C)COc1ccc2ccccc2c1/C=C/C(=O)O. The van der Waals surface area contributed by atoms with Crippen molar-refractivity contribution < 1.29 is 14.6 Å². The fourth-order valence-corrected chi connectivity index (χ4v) is 1.93. The van der Waals surface area contributed by atoms with Crippen LogP contribution < -0.4 is 4.74 Å². The Morgan fingerprint density at radius 3 is 2.75 bits per heavy atom. The highest BCUT2D eigenvalue weighted by Gasteiger charge is 2.07. The van der Waals surface area contributed by atoms with Crippen LogP contribution in [0.2, 0.25) is 0 Å². The van der Waals surface area contributed by atoms with Crippen LogP contribution in [0.3, 0.4) is 0 Å². The molecule has 2 rings (SSSR count). The van der Waals surface area contributed by atoms with Crippen LogP contribution in [0.5, 0.6) is 5.75 Å². The van der Waals surface area contributed by atoms with Gasteiger partial charge in [-0.15, -0.1) is 0 Å². The summed E-state index contributed by atoms with van der Waals surface area (Å²) in [5, 5.41) is 10.8. The lowest BCUT2D eigenvalue weighted by molar-refractivity contribution is -0.131. The summed E-state index contributed by atoms with van der Waals surface area (Å²) in [6, 6.07) is 11.6. The number of carboxylic acid groups (broad SMARTS) is 1. The molecule has 0 saturated heterocycles. The Morgan fingerprint density at radius 2 is 2.05 bits per heavy atom. The monoisotopic (exact) mass is 268 g/mol. The summed E-state index contributed by atoms with van der Waals surface area (Å²) < 4.78 is 5.70. The molecule has 0 radical (unpaired) electrons. The molecule has 20 heavy (non-hydrogen) atoms. The van der Waals surface area contributed by atoms with E-state index in [-0.39, 0.29) is 0 Å². The summed E-state index contributed by atoms with van der Waals surface area (Å²) >= 11 is 0. The number of carbonyl (C=O) groups is 1. The molecule has 0 aliphatic carbocycles. The van der Waals surface area contributed by atoms with Gasteiger partial charge >= 0.3 is 5.97 Å². The van der Waals surface area contributed by atoms with Gasteiger partial charge in [0.05, 0.1) is 0 Å². The first-order valence-electron chi connectivity index (χ1n) is 6.28. The molecule has 3 nitrogen and oxygen atoms in total. The summed E-state index contributed by atoms with van der Waals surface area (Å²) in [7, 11) is 0. The number of rotatable bonds is 5. The lowest BCUT2D eigenvalue weighted by atomic mass is 10.0. The van der Waals surface area contributed by atoms with E-state index in [0.29, 0.717) is 12.4 Å². The van der Waals surface area contributed by atoms with E-state index in [1.54, 1.807) is 6.08 Å². The maximum absolute atomic E-state index is 10.7. The zero-order valence-corrected chi connectivity index (χ0v) is 11.3. The van der Waals surface area contributed by atoms with Gasteiger partial charge in [0.25, 0.3) is 0 Å². The van der Waals surface area contributed by atoms with Crippen LogP contribution in [0, 0.1) is 0 Å². The number of carboxylic acids is 1. The van der Waals surface area contributed by atoms with E-state index in [2.05, 4.69) is 6.58 Å². The zero-order chi connectivity index (χ0) is 14.5. The molecule has 0 aromatic heterocycles. The lowest BCUT2D eigenvalue weighted by Crippen LogP contribution is -1.99. The molecule has 0 saturated carbocycles. The van der Waals surface area contributed by atoms with Gasteiger partial charge < -0.3 is 9.84 Å². The Labute approximate surface area is 117 Å². The molecule has 0 aliphatic rings. The minimum Gasteiger partial charge on any atom is -0.489 e. The molecule has 102 valence electrons. The van der Waals surface area contributed by atoms with Crippen molar-refractivity contribution in [3.8, 4) is 5.75 Å². The lowest BCUT2D eigenvalue weighted by Gasteiger charge is -2.11. The standard InChI is InChI=1S/C17H16O3/c1-12(2)11-20-16-9-7-13-5-3-4-6-14(13)15(16)8-10-17(18)19/h3-10H,1,11H2,2H3,(H,18,19)/b10-8+. The average Bonchev–Trinajstić information content (AvgIpc) is 2.42. The minimum atomic E-state index is -0.983. The number of benzene rings is 2. The van der Waals surface area contributed by atoms with Crippen LogP contribution in [0.25, 0.3) is 16.8 Å². The van der Waals surface area contributed by atoms with Gasteiger partial charge in [0.15, 0.2) is 0 Å². The summed E-state index contributed by atoms with van der Waals surface area (Å²) in [5.41, 5.74) is 1.68.